The van der Waals surface area contributed by atoms with E-state index in [1.165, 1.54) is 0 Å². The van der Waals surface area contributed by atoms with Gasteiger partial charge in [0, 0.05) is 13.2 Å². The molecule has 1 aromatic rings. The molecule has 0 bridgehead atoms. The summed E-state index contributed by atoms with van der Waals surface area (Å²) in [7, 11) is 0. The SMILES string of the molecule is Cc1noc(CNCC(O)COCCCC(C)C)n1. The van der Waals surface area contributed by atoms with Gasteiger partial charge in [-0.3, -0.25) is 0 Å². The monoisotopic (exact) mass is 271 g/mol. The number of ether oxygens (including phenoxy) is 1. The molecule has 0 saturated heterocycles. The molecular weight excluding hydrogens is 246 g/mol. The predicted octanol–water partition coefficient (Wildman–Crippen LogP) is 1.28. The molecule has 19 heavy (non-hydrogen) atoms. The highest BCUT2D eigenvalue weighted by Crippen LogP contribution is 2.03. The summed E-state index contributed by atoms with van der Waals surface area (Å²) < 4.78 is 10.4. The zero-order valence-corrected chi connectivity index (χ0v) is 12.1. The molecule has 0 radical (unpaired) electrons. The Labute approximate surface area is 114 Å². The van der Waals surface area contributed by atoms with E-state index in [4.69, 9.17) is 9.26 Å². The summed E-state index contributed by atoms with van der Waals surface area (Å²) in [5.74, 6) is 1.85. The normalized spacial score (nSPS) is 13.1. The maximum Gasteiger partial charge on any atom is 0.240 e. The highest BCUT2D eigenvalue weighted by Gasteiger charge is 2.06. The quantitative estimate of drug-likeness (QED) is 0.624. The maximum absolute atomic E-state index is 9.69. The lowest BCUT2D eigenvalue weighted by atomic mass is 10.1. The Bertz CT molecular complexity index is 342. The van der Waals surface area contributed by atoms with Gasteiger partial charge in [0.25, 0.3) is 0 Å². The van der Waals surface area contributed by atoms with E-state index in [0.717, 1.165) is 12.8 Å². The first-order chi connectivity index (χ1) is 9.08. The molecule has 0 aliphatic carbocycles. The fourth-order valence-corrected chi connectivity index (χ4v) is 1.63. The molecular formula is C13H25N3O3. The Morgan fingerprint density at radius 1 is 1.42 bits per heavy atom. The van der Waals surface area contributed by atoms with E-state index in [2.05, 4.69) is 29.3 Å². The van der Waals surface area contributed by atoms with Gasteiger partial charge in [-0.25, -0.2) is 0 Å². The second kappa shape index (κ2) is 9.01. The summed E-state index contributed by atoms with van der Waals surface area (Å²) in [6.45, 7) is 8.13. The van der Waals surface area contributed by atoms with Crippen LogP contribution in [0.2, 0.25) is 0 Å². The Kier molecular flexibility index (Phi) is 7.62. The van der Waals surface area contributed by atoms with Crippen LogP contribution in [0.25, 0.3) is 0 Å². The number of nitrogens with one attached hydrogen (secondary N) is 1. The Morgan fingerprint density at radius 2 is 2.21 bits per heavy atom. The van der Waals surface area contributed by atoms with Gasteiger partial charge in [-0.05, 0) is 25.7 Å². The number of hydrogen-bond donors (Lipinski definition) is 2. The predicted molar refractivity (Wildman–Crippen MR) is 71.6 cm³/mol. The van der Waals surface area contributed by atoms with Crippen molar-refractivity contribution in [2.45, 2.75) is 46.3 Å². The number of nitrogens with zero attached hydrogens (tertiary/aromatic N) is 2. The average molecular weight is 271 g/mol. The lowest BCUT2D eigenvalue weighted by Gasteiger charge is -2.12. The topological polar surface area (TPSA) is 80.4 Å². The van der Waals surface area contributed by atoms with Crippen molar-refractivity contribution in [1.29, 1.82) is 0 Å². The van der Waals surface area contributed by atoms with E-state index >= 15 is 0 Å². The zero-order valence-electron chi connectivity index (χ0n) is 12.1. The van der Waals surface area contributed by atoms with Gasteiger partial charge >= 0.3 is 0 Å². The van der Waals surface area contributed by atoms with Crippen LogP contribution in [0.5, 0.6) is 0 Å². The molecule has 1 aromatic heterocycles. The van der Waals surface area contributed by atoms with Crippen molar-refractivity contribution in [2.75, 3.05) is 19.8 Å². The van der Waals surface area contributed by atoms with E-state index in [1.54, 1.807) is 6.92 Å². The molecule has 1 rings (SSSR count). The molecule has 0 spiro atoms. The number of rotatable bonds is 10. The van der Waals surface area contributed by atoms with Gasteiger partial charge < -0.3 is 19.7 Å². The van der Waals surface area contributed by atoms with E-state index in [0.29, 0.717) is 43.9 Å². The van der Waals surface area contributed by atoms with Crippen LogP contribution in [-0.2, 0) is 11.3 Å². The molecule has 1 unspecified atom stereocenters. The third-order valence-electron chi connectivity index (χ3n) is 2.61. The third-order valence-corrected chi connectivity index (χ3v) is 2.61. The van der Waals surface area contributed by atoms with E-state index in [-0.39, 0.29) is 0 Å². The maximum atomic E-state index is 9.69. The fourth-order valence-electron chi connectivity index (χ4n) is 1.63. The molecule has 0 saturated carbocycles. The second-order valence-corrected chi connectivity index (χ2v) is 5.13. The van der Waals surface area contributed by atoms with Gasteiger partial charge in [0.2, 0.25) is 5.89 Å². The molecule has 0 aromatic carbocycles. The lowest BCUT2D eigenvalue weighted by Crippen LogP contribution is -2.30. The highest BCUT2D eigenvalue weighted by atomic mass is 16.5. The van der Waals surface area contributed by atoms with Gasteiger partial charge in [0.15, 0.2) is 5.82 Å². The molecule has 1 atom stereocenters. The number of aromatic nitrogens is 2. The molecule has 0 aliphatic rings. The molecule has 2 N–H and O–H groups in total. The van der Waals surface area contributed by atoms with Gasteiger partial charge in [-0.2, -0.15) is 4.98 Å². The van der Waals surface area contributed by atoms with Crippen LogP contribution in [0.1, 0.15) is 38.4 Å². The minimum absolute atomic E-state index is 0.355. The van der Waals surface area contributed by atoms with E-state index < -0.39 is 6.10 Å². The van der Waals surface area contributed by atoms with Crippen LogP contribution in [0.15, 0.2) is 4.52 Å². The van der Waals surface area contributed by atoms with Crippen molar-refractivity contribution in [1.82, 2.24) is 15.5 Å². The van der Waals surface area contributed by atoms with Crippen LogP contribution >= 0.6 is 0 Å². The number of aryl methyl sites for hydroxylation is 1. The lowest BCUT2D eigenvalue weighted by molar-refractivity contribution is 0.0343. The van der Waals surface area contributed by atoms with E-state index in [9.17, 15) is 5.11 Å². The first-order valence-corrected chi connectivity index (χ1v) is 6.83. The summed E-state index contributed by atoms with van der Waals surface area (Å²) in [5.41, 5.74) is 0. The van der Waals surface area contributed by atoms with Crippen molar-refractivity contribution in [3.05, 3.63) is 11.7 Å². The minimum atomic E-state index is -0.511. The molecule has 0 fully saturated rings. The first-order valence-electron chi connectivity index (χ1n) is 6.83. The Balaban J connectivity index is 1.97. The minimum Gasteiger partial charge on any atom is -0.389 e. The van der Waals surface area contributed by atoms with Crippen LogP contribution < -0.4 is 5.32 Å². The standard InChI is InChI=1S/C13H25N3O3/c1-10(2)5-4-6-18-9-12(17)7-14-8-13-15-11(3)16-19-13/h10,12,14,17H,4-9H2,1-3H3. The summed E-state index contributed by atoms with van der Waals surface area (Å²) in [5, 5.41) is 16.4. The highest BCUT2D eigenvalue weighted by molar-refractivity contribution is 4.82. The summed E-state index contributed by atoms with van der Waals surface area (Å²) >= 11 is 0. The molecule has 0 aliphatic heterocycles. The second-order valence-electron chi connectivity index (χ2n) is 5.13. The average Bonchev–Trinajstić information content (AvgIpc) is 2.74. The smallest absolute Gasteiger partial charge is 0.240 e. The van der Waals surface area contributed by atoms with Gasteiger partial charge in [-0.1, -0.05) is 19.0 Å². The number of hydrogen-bond acceptors (Lipinski definition) is 6. The van der Waals surface area contributed by atoms with Crippen molar-refractivity contribution in [3.63, 3.8) is 0 Å². The van der Waals surface area contributed by atoms with Gasteiger partial charge in [0.1, 0.15) is 0 Å². The Hall–Kier alpha value is -0.980. The zero-order chi connectivity index (χ0) is 14.1. The largest absolute Gasteiger partial charge is 0.389 e. The Morgan fingerprint density at radius 3 is 2.84 bits per heavy atom. The number of aliphatic hydroxyl groups excluding tert-OH is 1. The van der Waals surface area contributed by atoms with Gasteiger partial charge in [0.05, 0.1) is 19.3 Å². The van der Waals surface area contributed by atoms with Crippen molar-refractivity contribution < 1.29 is 14.4 Å². The fraction of sp³-hybridized carbons (Fsp3) is 0.846. The molecule has 6 heteroatoms. The molecule has 6 nitrogen and oxygen atoms in total. The summed E-state index contributed by atoms with van der Waals surface area (Å²) in [6, 6.07) is 0. The van der Waals surface area contributed by atoms with Crippen molar-refractivity contribution >= 4 is 0 Å². The summed E-state index contributed by atoms with van der Waals surface area (Å²) in [4.78, 5) is 4.06. The van der Waals surface area contributed by atoms with Crippen molar-refractivity contribution in [3.8, 4) is 0 Å². The third kappa shape index (κ3) is 7.92. The van der Waals surface area contributed by atoms with Crippen LogP contribution in [-0.4, -0.2) is 41.1 Å². The first kappa shape index (κ1) is 16.1. The van der Waals surface area contributed by atoms with Crippen molar-refractivity contribution in [2.24, 2.45) is 5.92 Å². The molecule has 1 heterocycles. The van der Waals surface area contributed by atoms with Crippen LogP contribution in [0, 0.1) is 12.8 Å². The van der Waals surface area contributed by atoms with Gasteiger partial charge in [-0.15, -0.1) is 0 Å². The van der Waals surface area contributed by atoms with E-state index in [1.807, 2.05) is 0 Å². The molecule has 0 amide bonds. The van der Waals surface area contributed by atoms with Crippen LogP contribution in [0.4, 0.5) is 0 Å². The molecule has 110 valence electrons. The summed E-state index contributed by atoms with van der Waals surface area (Å²) in [6.07, 6.45) is 1.69. The van der Waals surface area contributed by atoms with Crippen LogP contribution in [0.3, 0.4) is 0 Å². The number of aliphatic hydroxyl groups is 1.